The molecule has 2 aromatic heterocycles. The van der Waals surface area contributed by atoms with Gasteiger partial charge < -0.3 is 0 Å². The first kappa shape index (κ1) is 12.7. The van der Waals surface area contributed by atoms with Gasteiger partial charge in [0, 0.05) is 11.8 Å². The summed E-state index contributed by atoms with van der Waals surface area (Å²) in [6.07, 6.45) is 1.88. The van der Waals surface area contributed by atoms with Crippen LogP contribution in [0.5, 0.6) is 0 Å². The fourth-order valence-corrected chi connectivity index (χ4v) is 2.47. The molecule has 0 radical (unpaired) electrons. The van der Waals surface area contributed by atoms with Crippen molar-refractivity contribution in [2.75, 3.05) is 0 Å². The number of halogens is 1. The first-order valence-corrected chi connectivity index (χ1v) is 6.70. The highest BCUT2D eigenvalue weighted by atomic mass is 32.1. The van der Waals surface area contributed by atoms with Crippen LogP contribution in [0.2, 0.25) is 0 Å². The van der Waals surface area contributed by atoms with Crippen LogP contribution in [0.25, 0.3) is 5.65 Å². The van der Waals surface area contributed by atoms with E-state index in [0.29, 0.717) is 10.4 Å². The molecule has 0 aliphatic heterocycles. The predicted molar refractivity (Wildman–Crippen MR) is 74.1 cm³/mol. The maximum Gasteiger partial charge on any atom is 0.279 e. The number of pyridine rings is 1. The van der Waals surface area contributed by atoms with Crippen LogP contribution in [-0.2, 0) is 0 Å². The monoisotopic (exact) mass is 287 g/mol. The summed E-state index contributed by atoms with van der Waals surface area (Å²) >= 11 is 1.28. The van der Waals surface area contributed by atoms with Crippen LogP contribution in [0.15, 0.2) is 47.6 Å². The highest BCUT2D eigenvalue weighted by Crippen LogP contribution is 2.06. The SMILES string of the molecule is Cc1ccn2sc(=NC(=O)c3ccc(F)cc3)nc2c1. The van der Waals surface area contributed by atoms with Gasteiger partial charge in [-0.05, 0) is 60.4 Å². The number of benzene rings is 1. The molecule has 0 aliphatic rings. The maximum atomic E-state index is 12.8. The van der Waals surface area contributed by atoms with E-state index >= 15 is 0 Å². The van der Waals surface area contributed by atoms with Crippen molar-refractivity contribution in [2.24, 2.45) is 4.99 Å². The second kappa shape index (κ2) is 4.97. The first-order chi connectivity index (χ1) is 9.61. The van der Waals surface area contributed by atoms with Gasteiger partial charge in [0.05, 0.1) is 0 Å². The molecule has 0 atom stereocenters. The maximum absolute atomic E-state index is 12.8. The summed E-state index contributed by atoms with van der Waals surface area (Å²) in [5.41, 5.74) is 2.18. The van der Waals surface area contributed by atoms with Gasteiger partial charge in [-0.15, -0.1) is 0 Å². The van der Waals surface area contributed by atoms with Gasteiger partial charge in [0.2, 0.25) is 4.80 Å². The van der Waals surface area contributed by atoms with Gasteiger partial charge in [-0.1, -0.05) is 0 Å². The van der Waals surface area contributed by atoms with Crippen molar-refractivity contribution in [3.8, 4) is 0 Å². The number of rotatable bonds is 1. The minimum atomic E-state index is -0.429. The van der Waals surface area contributed by atoms with Crippen LogP contribution < -0.4 is 4.80 Å². The van der Waals surface area contributed by atoms with Crippen LogP contribution in [0.3, 0.4) is 0 Å². The third-order valence-corrected chi connectivity index (χ3v) is 3.59. The highest BCUT2D eigenvalue weighted by Gasteiger charge is 2.05. The zero-order valence-corrected chi connectivity index (χ0v) is 11.4. The van der Waals surface area contributed by atoms with Crippen LogP contribution in [0.1, 0.15) is 15.9 Å². The number of nitrogens with zero attached hydrogens (tertiary/aromatic N) is 3. The summed E-state index contributed by atoms with van der Waals surface area (Å²) in [4.78, 5) is 20.5. The van der Waals surface area contributed by atoms with Crippen molar-refractivity contribution in [3.63, 3.8) is 0 Å². The standard InChI is InChI=1S/C14H10FN3OS/c1-9-6-7-18-12(8-9)16-14(20-18)17-13(19)10-2-4-11(15)5-3-10/h2-8H,1H3. The van der Waals surface area contributed by atoms with E-state index in [0.717, 1.165) is 11.2 Å². The lowest BCUT2D eigenvalue weighted by Gasteiger charge is -1.92. The Morgan fingerprint density at radius 1 is 1.30 bits per heavy atom. The molecule has 0 bridgehead atoms. The van der Waals surface area contributed by atoms with Gasteiger partial charge in [0.25, 0.3) is 5.91 Å². The van der Waals surface area contributed by atoms with Gasteiger partial charge in [-0.3, -0.25) is 8.58 Å². The molecular formula is C14H10FN3OS. The molecule has 0 spiro atoms. The van der Waals surface area contributed by atoms with Gasteiger partial charge in [-0.25, -0.2) is 4.39 Å². The lowest BCUT2D eigenvalue weighted by atomic mass is 10.2. The number of hydrogen-bond acceptors (Lipinski definition) is 3. The van der Waals surface area contributed by atoms with Crippen molar-refractivity contribution in [3.05, 3.63) is 64.3 Å². The van der Waals surface area contributed by atoms with Crippen molar-refractivity contribution < 1.29 is 9.18 Å². The molecule has 0 fully saturated rings. The van der Waals surface area contributed by atoms with E-state index in [1.807, 2.05) is 29.0 Å². The predicted octanol–water partition coefficient (Wildman–Crippen LogP) is 2.58. The Bertz CT molecular complexity index is 849. The largest absolute Gasteiger partial charge is 0.279 e. The molecule has 1 amide bonds. The number of hydrogen-bond donors (Lipinski definition) is 0. The number of fused-ring (bicyclic) bond motifs is 1. The molecule has 0 saturated heterocycles. The fourth-order valence-electron chi connectivity index (χ4n) is 1.73. The zero-order chi connectivity index (χ0) is 14.1. The van der Waals surface area contributed by atoms with Crippen molar-refractivity contribution in [2.45, 2.75) is 6.92 Å². The molecule has 0 N–H and O–H groups in total. The van der Waals surface area contributed by atoms with Crippen molar-refractivity contribution in [1.82, 2.24) is 8.77 Å². The van der Waals surface area contributed by atoms with E-state index < -0.39 is 5.91 Å². The van der Waals surface area contributed by atoms with Gasteiger partial charge in [0.1, 0.15) is 11.5 Å². The Morgan fingerprint density at radius 2 is 2.05 bits per heavy atom. The Hall–Kier alpha value is -2.34. The average Bonchev–Trinajstić information content (AvgIpc) is 2.80. The van der Waals surface area contributed by atoms with Crippen LogP contribution >= 0.6 is 11.5 Å². The molecule has 6 heteroatoms. The average molecular weight is 287 g/mol. The Morgan fingerprint density at radius 3 is 2.80 bits per heavy atom. The first-order valence-electron chi connectivity index (χ1n) is 5.93. The minimum absolute atomic E-state index is 0.340. The third kappa shape index (κ3) is 2.50. The van der Waals surface area contributed by atoms with E-state index in [2.05, 4.69) is 9.98 Å². The van der Waals surface area contributed by atoms with Crippen molar-refractivity contribution >= 4 is 23.1 Å². The molecule has 0 aliphatic carbocycles. The summed E-state index contributed by atoms with van der Waals surface area (Å²) in [5.74, 6) is -0.811. The van der Waals surface area contributed by atoms with E-state index in [-0.39, 0.29) is 5.82 Å². The number of amides is 1. The molecule has 0 saturated carbocycles. The van der Waals surface area contributed by atoms with Crippen LogP contribution in [0.4, 0.5) is 4.39 Å². The second-order valence-electron chi connectivity index (χ2n) is 4.30. The number of carbonyl (C=O) groups excluding carboxylic acids is 1. The molecular weight excluding hydrogens is 277 g/mol. The highest BCUT2D eigenvalue weighted by molar-refractivity contribution is 7.03. The quantitative estimate of drug-likeness (QED) is 0.690. The minimum Gasteiger partial charge on any atom is -0.267 e. The molecule has 4 nitrogen and oxygen atoms in total. The van der Waals surface area contributed by atoms with Crippen molar-refractivity contribution in [1.29, 1.82) is 0 Å². The molecule has 20 heavy (non-hydrogen) atoms. The number of aromatic nitrogens is 2. The molecule has 100 valence electrons. The molecule has 3 rings (SSSR count). The van der Waals surface area contributed by atoms with Gasteiger partial charge >= 0.3 is 0 Å². The summed E-state index contributed by atoms with van der Waals surface area (Å²) < 4.78 is 14.6. The summed E-state index contributed by atoms with van der Waals surface area (Å²) in [5, 5.41) is 0. The smallest absolute Gasteiger partial charge is 0.267 e. The molecule has 1 aromatic carbocycles. The Kier molecular flexibility index (Phi) is 3.15. The van der Waals surface area contributed by atoms with Crippen LogP contribution in [0, 0.1) is 12.7 Å². The normalized spacial score (nSPS) is 12.0. The number of carbonyl (C=O) groups is 1. The molecule has 3 aromatic rings. The molecule has 0 unspecified atom stereocenters. The summed E-state index contributed by atoms with van der Waals surface area (Å²) in [6, 6.07) is 9.16. The van der Waals surface area contributed by atoms with Gasteiger partial charge in [-0.2, -0.15) is 9.98 Å². The van der Waals surface area contributed by atoms with E-state index in [1.165, 1.54) is 35.8 Å². The van der Waals surface area contributed by atoms with Crippen LogP contribution in [-0.4, -0.2) is 14.7 Å². The third-order valence-electron chi connectivity index (χ3n) is 2.73. The lowest BCUT2D eigenvalue weighted by Crippen LogP contribution is -2.04. The van der Waals surface area contributed by atoms with E-state index in [9.17, 15) is 9.18 Å². The number of aryl methyl sites for hydroxylation is 1. The second-order valence-corrected chi connectivity index (χ2v) is 5.24. The van der Waals surface area contributed by atoms with E-state index in [1.54, 1.807) is 0 Å². The summed E-state index contributed by atoms with van der Waals surface area (Å²) in [7, 11) is 0. The Balaban J connectivity index is 2.01. The summed E-state index contributed by atoms with van der Waals surface area (Å²) in [6.45, 7) is 1.97. The fraction of sp³-hybridized carbons (Fsp3) is 0.0714. The Labute approximate surface area is 118 Å². The lowest BCUT2D eigenvalue weighted by molar-refractivity contribution is 0.0998. The molecule has 2 heterocycles. The zero-order valence-electron chi connectivity index (χ0n) is 10.6. The van der Waals surface area contributed by atoms with E-state index in [4.69, 9.17) is 0 Å². The van der Waals surface area contributed by atoms with Gasteiger partial charge in [0.15, 0.2) is 0 Å². The topological polar surface area (TPSA) is 46.7 Å².